The molecule has 0 unspecified atom stereocenters. The van der Waals surface area contributed by atoms with Crippen molar-refractivity contribution in [3.8, 4) is 5.75 Å². The molecule has 0 bridgehead atoms. The summed E-state index contributed by atoms with van der Waals surface area (Å²) in [5.41, 5.74) is 4.49. The van der Waals surface area contributed by atoms with Crippen LogP contribution < -0.4 is 20.7 Å². The summed E-state index contributed by atoms with van der Waals surface area (Å²) in [7, 11) is 3.34. The van der Waals surface area contributed by atoms with Gasteiger partial charge in [0.2, 0.25) is 0 Å². The van der Waals surface area contributed by atoms with E-state index >= 15 is 0 Å². The number of hydrogen-bond acceptors (Lipinski definition) is 3. The van der Waals surface area contributed by atoms with Crippen LogP contribution in [-0.2, 0) is 6.42 Å². The first-order chi connectivity index (χ1) is 13.5. The molecule has 0 fully saturated rings. The molecule has 2 aromatic carbocycles. The zero-order chi connectivity index (χ0) is 20.4. The lowest BCUT2D eigenvalue weighted by atomic mass is 10.1. The highest BCUT2D eigenvalue weighted by atomic mass is 127. The van der Waals surface area contributed by atoms with E-state index in [0.717, 1.165) is 24.7 Å². The molecule has 158 valence electrons. The van der Waals surface area contributed by atoms with E-state index in [1.165, 1.54) is 16.7 Å². The lowest BCUT2D eigenvalue weighted by Gasteiger charge is -2.13. The fourth-order valence-electron chi connectivity index (χ4n) is 2.96. The van der Waals surface area contributed by atoms with Gasteiger partial charge in [0.1, 0.15) is 5.75 Å². The Kier molecular flexibility index (Phi) is 11.1. The van der Waals surface area contributed by atoms with E-state index in [0.29, 0.717) is 18.7 Å². The number of nitrogens with one attached hydrogen (secondary N) is 3. The molecule has 0 aliphatic rings. The summed E-state index contributed by atoms with van der Waals surface area (Å²) in [5.74, 6) is 1.35. The molecule has 0 heterocycles. The maximum absolute atomic E-state index is 12.1. The molecule has 0 saturated heterocycles. The Morgan fingerprint density at radius 1 is 0.931 bits per heavy atom. The fraction of sp³-hybridized carbons (Fsp3) is 0.364. The van der Waals surface area contributed by atoms with Crippen LogP contribution in [0.1, 0.15) is 27.0 Å². The Balaban J connectivity index is 0.00000420. The van der Waals surface area contributed by atoms with Crippen molar-refractivity contribution in [2.24, 2.45) is 4.99 Å². The predicted molar refractivity (Wildman–Crippen MR) is 130 cm³/mol. The maximum atomic E-state index is 12.1. The molecule has 0 radical (unpaired) electrons. The second-order valence-corrected chi connectivity index (χ2v) is 6.66. The van der Waals surface area contributed by atoms with Gasteiger partial charge in [-0.25, -0.2) is 0 Å². The summed E-state index contributed by atoms with van der Waals surface area (Å²) in [6.45, 7) is 6.11. The second kappa shape index (κ2) is 13.0. The molecule has 2 aromatic rings. The van der Waals surface area contributed by atoms with Crippen LogP contribution in [0.3, 0.4) is 0 Å². The van der Waals surface area contributed by atoms with Gasteiger partial charge in [-0.15, -0.1) is 24.0 Å². The zero-order valence-corrected chi connectivity index (χ0v) is 19.9. The maximum Gasteiger partial charge on any atom is 0.251 e. The van der Waals surface area contributed by atoms with Crippen LogP contribution >= 0.6 is 24.0 Å². The van der Waals surface area contributed by atoms with E-state index in [-0.39, 0.29) is 29.9 Å². The first-order valence-electron chi connectivity index (χ1n) is 9.45. The molecular formula is C22H31IN4O2. The first kappa shape index (κ1) is 24.7. The molecule has 0 spiro atoms. The summed E-state index contributed by atoms with van der Waals surface area (Å²) < 4.78 is 5.10. The van der Waals surface area contributed by atoms with Gasteiger partial charge in [0.05, 0.1) is 7.11 Å². The second-order valence-electron chi connectivity index (χ2n) is 6.66. The summed E-state index contributed by atoms with van der Waals surface area (Å²) in [5, 5.41) is 9.39. The van der Waals surface area contributed by atoms with Gasteiger partial charge in [0, 0.05) is 32.2 Å². The molecule has 2 rings (SSSR count). The minimum atomic E-state index is -0.109. The Hall–Kier alpha value is -2.29. The van der Waals surface area contributed by atoms with Crippen molar-refractivity contribution in [3.05, 3.63) is 64.7 Å². The van der Waals surface area contributed by atoms with E-state index in [2.05, 4.69) is 53.0 Å². The van der Waals surface area contributed by atoms with E-state index in [1.807, 2.05) is 0 Å². The van der Waals surface area contributed by atoms with E-state index in [4.69, 9.17) is 4.74 Å². The number of aliphatic imine (C=N–C) groups is 1. The summed E-state index contributed by atoms with van der Waals surface area (Å²) in [6, 6.07) is 13.6. The van der Waals surface area contributed by atoms with Crippen LogP contribution in [0.5, 0.6) is 5.75 Å². The Bertz CT molecular complexity index is 787. The van der Waals surface area contributed by atoms with Crippen molar-refractivity contribution in [2.45, 2.75) is 20.3 Å². The number of carbonyl (C=O) groups is 1. The topological polar surface area (TPSA) is 74.8 Å². The number of guanidine groups is 1. The minimum Gasteiger partial charge on any atom is -0.497 e. The quantitative estimate of drug-likeness (QED) is 0.221. The number of hydrogen-bond donors (Lipinski definition) is 3. The number of benzene rings is 2. The monoisotopic (exact) mass is 510 g/mol. The highest BCUT2D eigenvalue weighted by molar-refractivity contribution is 14.0. The van der Waals surface area contributed by atoms with Crippen LogP contribution in [0.15, 0.2) is 47.5 Å². The fourth-order valence-corrected chi connectivity index (χ4v) is 2.96. The number of ether oxygens (including phenoxy) is 1. The number of carbonyl (C=O) groups excluding carboxylic acids is 1. The molecular weight excluding hydrogens is 479 g/mol. The van der Waals surface area contributed by atoms with Gasteiger partial charge in [-0.05, 0) is 50.1 Å². The third kappa shape index (κ3) is 8.72. The van der Waals surface area contributed by atoms with Gasteiger partial charge < -0.3 is 20.7 Å². The molecule has 6 nitrogen and oxygen atoms in total. The standard InChI is InChI=1S/C22H30N4O2.HI/c1-16-13-17(2)15-18(14-16)9-10-25-22(23-3)26-12-11-24-21(27)19-5-7-20(28-4)8-6-19;/h5-8,13-15H,9-12H2,1-4H3,(H,24,27)(H2,23,25,26);1H. The van der Waals surface area contributed by atoms with Crippen molar-refractivity contribution < 1.29 is 9.53 Å². The summed E-state index contributed by atoms with van der Waals surface area (Å²) in [6.07, 6.45) is 0.928. The van der Waals surface area contributed by atoms with Crippen LogP contribution in [-0.4, -0.2) is 45.7 Å². The van der Waals surface area contributed by atoms with E-state index in [1.54, 1.807) is 38.4 Å². The molecule has 0 saturated carbocycles. The lowest BCUT2D eigenvalue weighted by Crippen LogP contribution is -2.42. The molecule has 29 heavy (non-hydrogen) atoms. The lowest BCUT2D eigenvalue weighted by molar-refractivity contribution is 0.0954. The van der Waals surface area contributed by atoms with Crippen molar-refractivity contribution >= 4 is 35.8 Å². The minimum absolute atomic E-state index is 0. The van der Waals surface area contributed by atoms with Gasteiger partial charge in [0.15, 0.2) is 5.96 Å². The van der Waals surface area contributed by atoms with Crippen LogP contribution in [0.2, 0.25) is 0 Å². The van der Waals surface area contributed by atoms with Crippen molar-refractivity contribution in [2.75, 3.05) is 33.8 Å². The van der Waals surface area contributed by atoms with Crippen LogP contribution in [0.4, 0.5) is 0 Å². The largest absolute Gasteiger partial charge is 0.497 e. The smallest absolute Gasteiger partial charge is 0.251 e. The van der Waals surface area contributed by atoms with Crippen molar-refractivity contribution in [1.82, 2.24) is 16.0 Å². The van der Waals surface area contributed by atoms with Crippen LogP contribution in [0.25, 0.3) is 0 Å². The highest BCUT2D eigenvalue weighted by Gasteiger charge is 2.05. The molecule has 7 heteroatoms. The predicted octanol–water partition coefficient (Wildman–Crippen LogP) is 3.07. The Morgan fingerprint density at radius 3 is 2.10 bits per heavy atom. The third-order valence-corrected chi connectivity index (χ3v) is 4.27. The van der Waals surface area contributed by atoms with E-state index < -0.39 is 0 Å². The summed E-state index contributed by atoms with van der Waals surface area (Å²) >= 11 is 0. The van der Waals surface area contributed by atoms with Gasteiger partial charge in [0.25, 0.3) is 5.91 Å². The Morgan fingerprint density at radius 2 is 1.52 bits per heavy atom. The SMILES string of the molecule is CN=C(NCCNC(=O)c1ccc(OC)cc1)NCCc1cc(C)cc(C)c1.I. The molecule has 0 aliphatic heterocycles. The molecule has 0 aliphatic carbocycles. The van der Waals surface area contributed by atoms with Crippen molar-refractivity contribution in [3.63, 3.8) is 0 Å². The Labute approximate surface area is 190 Å². The molecule has 3 N–H and O–H groups in total. The molecule has 0 atom stereocenters. The molecule has 0 aromatic heterocycles. The number of aryl methyl sites for hydroxylation is 2. The average Bonchev–Trinajstić information content (AvgIpc) is 2.69. The highest BCUT2D eigenvalue weighted by Crippen LogP contribution is 2.11. The van der Waals surface area contributed by atoms with Crippen LogP contribution in [0, 0.1) is 13.8 Å². The number of halogens is 1. The number of methoxy groups -OCH3 is 1. The normalized spacial score (nSPS) is 10.7. The first-order valence-corrected chi connectivity index (χ1v) is 9.45. The number of rotatable bonds is 8. The van der Waals surface area contributed by atoms with Gasteiger partial charge in [-0.1, -0.05) is 29.3 Å². The van der Waals surface area contributed by atoms with E-state index in [9.17, 15) is 4.79 Å². The number of amides is 1. The average molecular weight is 510 g/mol. The third-order valence-electron chi connectivity index (χ3n) is 4.27. The zero-order valence-electron chi connectivity index (χ0n) is 17.5. The molecule has 1 amide bonds. The number of nitrogens with zero attached hydrogens (tertiary/aromatic N) is 1. The van der Waals surface area contributed by atoms with Gasteiger partial charge >= 0.3 is 0 Å². The van der Waals surface area contributed by atoms with Crippen molar-refractivity contribution in [1.29, 1.82) is 0 Å². The van der Waals surface area contributed by atoms with Gasteiger partial charge in [-0.2, -0.15) is 0 Å². The van der Waals surface area contributed by atoms with Gasteiger partial charge in [-0.3, -0.25) is 9.79 Å². The summed E-state index contributed by atoms with van der Waals surface area (Å²) in [4.78, 5) is 16.3.